The maximum atomic E-state index is 13.4. The molecule has 0 atom stereocenters. The first-order valence-corrected chi connectivity index (χ1v) is 10.2. The van der Waals surface area contributed by atoms with Crippen LogP contribution in [0, 0.1) is 5.82 Å². The van der Waals surface area contributed by atoms with Crippen LogP contribution >= 0.6 is 11.6 Å². The molecular formula is C20H27ClFN5O2. The van der Waals surface area contributed by atoms with Gasteiger partial charge in [-0.3, -0.25) is 4.90 Å². The van der Waals surface area contributed by atoms with Gasteiger partial charge in [-0.25, -0.2) is 9.02 Å². The van der Waals surface area contributed by atoms with Gasteiger partial charge >= 0.3 is 0 Å². The lowest BCUT2D eigenvalue weighted by Gasteiger charge is -2.41. The van der Waals surface area contributed by atoms with Crippen LogP contribution in [0.2, 0.25) is 5.02 Å². The van der Waals surface area contributed by atoms with Crippen molar-refractivity contribution in [3.05, 3.63) is 46.0 Å². The van der Waals surface area contributed by atoms with Crippen molar-refractivity contribution in [3.8, 4) is 0 Å². The molecule has 2 N–H and O–H groups in total. The van der Waals surface area contributed by atoms with E-state index in [1.54, 1.807) is 6.07 Å². The van der Waals surface area contributed by atoms with E-state index in [1.165, 1.54) is 31.4 Å². The second-order valence-corrected chi connectivity index (χ2v) is 8.40. The van der Waals surface area contributed by atoms with Crippen molar-refractivity contribution in [3.63, 3.8) is 0 Å². The average Bonchev–Trinajstić information content (AvgIpc) is 3.17. The molecule has 0 amide bonds. The van der Waals surface area contributed by atoms with Crippen molar-refractivity contribution in [1.82, 2.24) is 20.5 Å². The number of aromatic nitrogens is 2. The summed E-state index contributed by atoms with van der Waals surface area (Å²) < 4.78 is 18.2. The molecule has 1 saturated heterocycles. The quantitative estimate of drug-likeness (QED) is 0.383. The Hall–Kier alpha value is -2.03. The molecule has 2 aromatic rings. The molecular weight excluding hydrogens is 397 g/mol. The highest BCUT2D eigenvalue weighted by molar-refractivity contribution is 6.30. The minimum atomic E-state index is -0.498. The zero-order chi connectivity index (χ0) is 20.9. The third kappa shape index (κ3) is 5.52. The Morgan fingerprint density at radius 3 is 2.76 bits per heavy atom. The summed E-state index contributed by atoms with van der Waals surface area (Å²) in [6.45, 7) is 7.90. The van der Waals surface area contributed by atoms with Crippen molar-refractivity contribution in [1.29, 1.82) is 0 Å². The molecule has 1 aromatic carbocycles. The van der Waals surface area contributed by atoms with Gasteiger partial charge in [-0.05, 0) is 62.6 Å². The minimum Gasteiger partial charge on any atom is -0.411 e. The van der Waals surface area contributed by atoms with E-state index < -0.39 is 5.82 Å². The van der Waals surface area contributed by atoms with Crippen LogP contribution in [0.25, 0.3) is 0 Å². The summed E-state index contributed by atoms with van der Waals surface area (Å²) in [5.74, 6) is -0.498. The molecule has 0 saturated carbocycles. The maximum absolute atomic E-state index is 13.4. The van der Waals surface area contributed by atoms with Gasteiger partial charge in [0.05, 0.1) is 5.02 Å². The van der Waals surface area contributed by atoms with Crippen LogP contribution in [0.3, 0.4) is 0 Å². The highest BCUT2D eigenvalue weighted by Crippen LogP contribution is 2.21. The average molecular weight is 424 g/mol. The van der Waals surface area contributed by atoms with Crippen LogP contribution in [0.5, 0.6) is 0 Å². The molecule has 9 heteroatoms. The van der Waals surface area contributed by atoms with Crippen LogP contribution in [0.4, 0.5) is 4.39 Å². The van der Waals surface area contributed by atoms with E-state index in [-0.39, 0.29) is 22.7 Å². The Morgan fingerprint density at radius 2 is 2.07 bits per heavy atom. The molecule has 158 valence electrons. The number of oxime groups is 1. The number of piperidine rings is 1. The van der Waals surface area contributed by atoms with Gasteiger partial charge in [0, 0.05) is 25.0 Å². The Morgan fingerprint density at radius 1 is 1.31 bits per heavy atom. The van der Waals surface area contributed by atoms with Crippen molar-refractivity contribution >= 4 is 17.3 Å². The number of nitrogens with one attached hydrogen (secondary N) is 1. The molecule has 1 aliphatic rings. The van der Waals surface area contributed by atoms with Gasteiger partial charge in [-0.1, -0.05) is 34.4 Å². The molecule has 7 nitrogen and oxygen atoms in total. The van der Waals surface area contributed by atoms with Gasteiger partial charge in [-0.15, -0.1) is 0 Å². The highest BCUT2D eigenvalue weighted by Gasteiger charge is 2.28. The number of nitrogens with zero attached hydrogens (tertiary/aromatic N) is 4. The molecule has 0 aliphatic carbocycles. The lowest BCUT2D eigenvalue weighted by atomic mass is 9.98. The predicted molar refractivity (Wildman–Crippen MR) is 109 cm³/mol. The number of hydrogen-bond acceptors (Lipinski definition) is 7. The lowest BCUT2D eigenvalue weighted by molar-refractivity contribution is 0.0940. The zero-order valence-electron chi connectivity index (χ0n) is 16.8. The summed E-state index contributed by atoms with van der Waals surface area (Å²) in [6.07, 6.45) is 4.00. The molecule has 0 spiro atoms. The number of rotatable bonds is 8. The summed E-state index contributed by atoms with van der Waals surface area (Å²) in [7, 11) is 0. The van der Waals surface area contributed by atoms with E-state index >= 15 is 0 Å². The normalized spacial score (nSPS) is 16.3. The Bertz CT molecular complexity index is 849. The summed E-state index contributed by atoms with van der Waals surface area (Å²) in [6, 6.07) is 4.35. The summed E-state index contributed by atoms with van der Waals surface area (Å²) in [4.78, 5) is 2.50. The predicted octanol–water partition coefficient (Wildman–Crippen LogP) is 3.64. The fourth-order valence-electron chi connectivity index (χ4n) is 3.65. The first-order chi connectivity index (χ1) is 13.9. The van der Waals surface area contributed by atoms with Gasteiger partial charge in [0.2, 0.25) is 0 Å². The Kier molecular flexibility index (Phi) is 7.21. The first-order valence-electron chi connectivity index (χ1n) is 9.83. The Labute approximate surface area is 174 Å². The second kappa shape index (κ2) is 9.65. The Balaban J connectivity index is 1.62. The number of hydrogen-bond donors (Lipinski definition) is 2. The number of benzene rings is 1. The van der Waals surface area contributed by atoms with Crippen LogP contribution in [0.15, 0.2) is 28.0 Å². The SMILES string of the molecule is CC(C)(CNCc1nonc1C(Cc1ccc(F)c(Cl)c1)=NO)N1CCCCC1. The fourth-order valence-corrected chi connectivity index (χ4v) is 3.85. The van der Waals surface area contributed by atoms with Crippen LogP contribution < -0.4 is 5.32 Å². The van der Waals surface area contributed by atoms with E-state index in [4.69, 9.17) is 16.2 Å². The molecule has 3 rings (SSSR count). The van der Waals surface area contributed by atoms with Crippen molar-refractivity contribution in [2.24, 2.45) is 5.16 Å². The van der Waals surface area contributed by atoms with Crippen LogP contribution in [0.1, 0.15) is 50.1 Å². The lowest BCUT2D eigenvalue weighted by Crippen LogP contribution is -2.52. The largest absolute Gasteiger partial charge is 0.411 e. The molecule has 1 fully saturated rings. The number of halogens is 2. The van der Waals surface area contributed by atoms with Crippen molar-refractivity contribution in [2.45, 2.75) is 51.6 Å². The third-order valence-electron chi connectivity index (χ3n) is 5.37. The van der Waals surface area contributed by atoms with Crippen LogP contribution in [-0.2, 0) is 13.0 Å². The topological polar surface area (TPSA) is 86.8 Å². The minimum absolute atomic E-state index is 0.0138. The van der Waals surface area contributed by atoms with Crippen molar-refractivity contribution < 1.29 is 14.2 Å². The smallest absolute Gasteiger partial charge is 0.157 e. The molecule has 1 aliphatic heterocycles. The zero-order valence-corrected chi connectivity index (χ0v) is 17.5. The standard InChI is InChI=1S/C20H27ClFN5O2/c1-20(2,27-8-4-3-5-9-27)13-23-12-18-19(26-29-25-18)17(24-28)11-14-6-7-16(22)15(21)10-14/h6-7,10,23,28H,3-5,8-9,11-13H2,1-2H3. The summed E-state index contributed by atoms with van der Waals surface area (Å²) in [5, 5.41) is 24.1. The van der Waals surface area contributed by atoms with E-state index in [1.807, 2.05) is 0 Å². The first kappa shape index (κ1) is 21.7. The maximum Gasteiger partial charge on any atom is 0.157 e. The van der Waals surface area contributed by atoms with E-state index in [2.05, 4.69) is 39.5 Å². The fraction of sp³-hybridized carbons (Fsp3) is 0.550. The summed E-state index contributed by atoms with van der Waals surface area (Å²) in [5.41, 5.74) is 1.92. The highest BCUT2D eigenvalue weighted by atomic mass is 35.5. The van der Waals surface area contributed by atoms with Gasteiger partial charge < -0.3 is 10.5 Å². The third-order valence-corrected chi connectivity index (χ3v) is 5.66. The second-order valence-electron chi connectivity index (χ2n) is 8.00. The molecule has 0 radical (unpaired) electrons. The molecule has 0 bridgehead atoms. The van der Waals surface area contributed by atoms with E-state index in [0.717, 1.165) is 19.6 Å². The molecule has 29 heavy (non-hydrogen) atoms. The molecule has 0 unspecified atom stereocenters. The van der Waals surface area contributed by atoms with Crippen LogP contribution in [-0.4, -0.2) is 51.3 Å². The van der Waals surface area contributed by atoms with Gasteiger partial charge in [-0.2, -0.15) is 0 Å². The van der Waals surface area contributed by atoms with E-state index in [0.29, 0.717) is 23.5 Å². The van der Waals surface area contributed by atoms with Crippen molar-refractivity contribution in [2.75, 3.05) is 19.6 Å². The number of likely N-dealkylation sites (tertiary alicyclic amines) is 1. The van der Waals surface area contributed by atoms with E-state index in [9.17, 15) is 9.60 Å². The van der Waals surface area contributed by atoms with Gasteiger partial charge in [0.15, 0.2) is 5.69 Å². The molecule has 2 heterocycles. The van der Waals surface area contributed by atoms with Gasteiger partial charge in [0.25, 0.3) is 0 Å². The van der Waals surface area contributed by atoms with Gasteiger partial charge in [0.1, 0.15) is 17.2 Å². The molecule has 1 aromatic heterocycles. The summed E-state index contributed by atoms with van der Waals surface area (Å²) >= 11 is 5.83. The monoisotopic (exact) mass is 423 g/mol.